The molecule has 2 heterocycles. The second-order valence-electron chi connectivity index (χ2n) is 7.10. The number of piperidine rings is 1. The van der Waals surface area contributed by atoms with Gasteiger partial charge in [-0.15, -0.1) is 0 Å². The van der Waals surface area contributed by atoms with Crippen molar-refractivity contribution < 1.29 is 9.53 Å². The van der Waals surface area contributed by atoms with Crippen LogP contribution < -0.4 is 0 Å². The van der Waals surface area contributed by atoms with Crippen molar-refractivity contribution in [3.8, 4) is 0 Å². The second-order valence-corrected chi connectivity index (χ2v) is 7.10. The molecule has 0 radical (unpaired) electrons. The van der Waals surface area contributed by atoms with Crippen LogP contribution in [0, 0.1) is 0 Å². The summed E-state index contributed by atoms with van der Waals surface area (Å²) in [6, 6.07) is 11.0. The molecular formula is C19H29N3O2. The minimum absolute atomic E-state index is 0.171. The summed E-state index contributed by atoms with van der Waals surface area (Å²) in [5, 5.41) is 0. The van der Waals surface area contributed by atoms with Gasteiger partial charge in [0.25, 0.3) is 5.91 Å². The van der Waals surface area contributed by atoms with E-state index in [0.717, 1.165) is 39.0 Å². The SMILES string of the molecule is CN(C)C1CCN(C(=O)[C@H]2CN(Cc3ccccc3)CCO2)CC1. The van der Waals surface area contributed by atoms with Gasteiger partial charge in [-0.05, 0) is 32.5 Å². The van der Waals surface area contributed by atoms with E-state index in [1.807, 2.05) is 11.0 Å². The Labute approximate surface area is 145 Å². The number of carbonyl (C=O) groups is 1. The summed E-state index contributed by atoms with van der Waals surface area (Å²) in [6.07, 6.45) is 1.80. The molecule has 2 aliphatic heterocycles. The Morgan fingerprint density at radius 2 is 1.88 bits per heavy atom. The minimum Gasteiger partial charge on any atom is -0.366 e. The van der Waals surface area contributed by atoms with Crippen molar-refractivity contribution in [1.82, 2.24) is 14.7 Å². The van der Waals surface area contributed by atoms with Gasteiger partial charge in [0.2, 0.25) is 0 Å². The Kier molecular flexibility index (Phi) is 5.87. The van der Waals surface area contributed by atoms with E-state index in [-0.39, 0.29) is 12.0 Å². The summed E-state index contributed by atoms with van der Waals surface area (Å²) >= 11 is 0. The summed E-state index contributed by atoms with van der Waals surface area (Å²) in [4.78, 5) is 19.4. The van der Waals surface area contributed by atoms with Crippen molar-refractivity contribution in [2.24, 2.45) is 0 Å². The average Bonchev–Trinajstić information content (AvgIpc) is 2.62. The molecule has 2 fully saturated rings. The van der Waals surface area contributed by atoms with Crippen LogP contribution in [0.5, 0.6) is 0 Å². The fraction of sp³-hybridized carbons (Fsp3) is 0.632. The Bertz CT molecular complexity index is 527. The van der Waals surface area contributed by atoms with Gasteiger partial charge in [-0.1, -0.05) is 30.3 Å². The first kappa shape index (κ1) is 17.4. The molecule has 5 heteroatoms. The van der Waals surface area contributed by atoms with Gasteiger partial charge in [0.15, 0.2) is 0 Å². The lowest BCUT2D eigenvalue weighted by molar-refractivity contribution is -0.151. The highest BCUT2D eigenvalue weighted by Crippen LogP contribution is 2.18. The summed E-state index contributed by atoms with van der Waals surface area (Å²) < 4.78 is 5.79. The molecule has 0 aromatic heterocycles. The fourth-order valence-electron chi connectivity index (χ4n) is 3.64. The van der Waals surface area contributed by atoms with E-state index in [0.29, 0.717) is 19.2 Å². The smallest absolute Gasteiger partial charge is 0.253 e. The number of likely N-dealkylation sites (tertiary alicyclic amines) is 1. The van der Waals surface area contributed by atoms with Gasteiger partial charge in [-0.2, -0.15) is 0 Å². The van der Waals surface area contributed by atoms with Gasteiger partial charge in [0.05, 0.1) is 6.61 Å². The van der Waals surface area contributed by atoms with E-state index in [9.17, 15) is 4.79 Å². The molecule has 0 unspecified atom stereocenters. The van der Waals surface area contributed by atoms with Crippen molar-refractivity contribution in [3.05, 3.63) is 35.9 Å². The summed E-state index contributed by atoms with van der Waals surface area (Å²) in [6.45, 7) is 4.80. The van der Waals surface area contributed by atoms with Gasteiger partial charge in [-0.3, -0.25) is 9.69 Å². The zero-order valence-electron chi connectivity index (χ0n) is 14.9. The molecule has 0 saturated carbocycles. The van der Waals surface area contributed by atoms with Crippen LogP contribution in [-0.2, 0) is 16.1 Å². The Balaban J connectivity index is 1.52. The van der Waals surface area contributed by atoms with Crippen LogP contribution in [0.4, 0.5) is 0 Å². The van der Waals surface area contributed by atoms with Crippen molar-refractivity contribution in [1.29, 1.82) is 0 Å². The lowest BCUT2D eigenvalue weighted by Crippen LogP contribution is -2.53. The van der Waals surface area contributed by atoms with Gasteiger partial charge < -0.3 is 14.5 Å². The van der Waals surface area contributed by atoms with E-state index in [2.05, 4.69) is 48.2 Å². The number of morpholine rings is 1. The molecule has 1 amide bonds. The molecule has 1 atom stereocenters. The lowest BCUT2D eigenvalue weighted by atomic mass is 10.0. The summed E-state index contributed by atoms with van der Waals surface area (Å²) in [5.74, 6) is 0.171. The van der Waals surface area contributed by atoms with E-state index < -0.39 is 0 Å². The summed E-state index contributed by atoms with van der Waals surface area (Å²) in [5.41, 5.74) is 1.29. The number of hydrogen-bond donors (Lipinski definition) is 0. The van der Waals surface area contributed by atoms with Crippen LogP contribution in [-0.4, -0.2) is 79.6 Å². The molecule has 3 rings (SSSR count). The normalized spacial score (nSPS) is 23.6. The molecule has 24 heavy (non-hydrogen) atoms. The number of amides is 1. The molecule has 5 nitrogen and oxygen atoms in total. The first-order valence-corrected chi connectivity index (χ1v) is 8.96. The lowest BCUT2D eigenvalue weighted by Gasteiger charge is -2.39. The van der Waals surface area contributed by atoms with Crippen molar-refractivity contribution in [2.75, 3.05) is 46.9 Å². The Morgan fingerprint density at radius 1 is 1.17 bits per heavy atom. The van der Waals surface area contributed by atoms with Crippen molar-refractivity contribution >= 4 is 5.91 Å². The molecule has 0 bridgehead atoms. The third-order valence-corrected chi connectivity index (χ3v) is 5.18. The topological polar surface area (TPSA) is 36.0 Å². The quantitative estimate of drug-likeness (QED) is 0.836. The monoisotopic (exact) mass is 331 g/mol. The highest BCUT2D eigenvalue weighted by atomic mass is 16.5. The van der Waals surface area contributed by atoms with Gasteiger partial charge in [-0.25, -0.2) is 0 Å². The van der Waals surface area contributed by atoms with E-state index in [1.165, 1.54) is 5.56 Å². The molecule has 2 saturated heterocycles. The molecule has 1 aromatic rings. The highest BCUT2D eigenvalue weighted by molar-refractivity contribution is 5.81. The molecule has 132 valence electrons. The predicted octanol–water partition coefficient (Wildman–Crippen LogP) is 1.44. The Hall–Kier alpha value is -1.43. The number of hydrogen-bond acceptors (Lipinski definition) is 4. The number of carbonyl (C=O) groups excluding carboxylic acids is 1. The molecule has 2 aliphatic rings. The third kappa shape index (κ3) is 4.35. The maximum Gasteiger partial charge on any atom is 0.253 e. The standard InChI is InChI=1S/C19H29N3O2/c1-20(2)17-8-10-22(11-9-17)19(23)18-15-21(12-13-24-18)14-16-6-4-3-5-7-16/h3-7,17-18H,8-15H2,1-2H3/t18-/m1/s1. The van der Waals surface area contributed by atoms with Crippen LogP contribution in [0.15, 0.2) is 30.3 Å². The predicted molar refractivity (Wildman–Crippen MR) is 94.7 cm³/mol. The highest BCUT2D eigenvalue weighted by Gasteiger charge is 2.32. The zero-order valence-corrected chi connectivity index (χ0v) is 14.9. The van der Waals surface area contributed by atoms with Crippen LogP contribution in [0.2, 0.25) is 0 Å². The summed E-state index contributed by atoms with van der Waals surface area (Å²) in [7, 11) is 4.24. The largest absolute Gasteiger partial charge is 0.366 e. The molecule has 0 spiro atoms. The molecule has 0 N–H and O–H groups in total. The van der Waals surface area contributed by atoms with Crippen LogP contribution in [0.3, 0.4) is 0 Å². The van der Waals surface area contributed by atoms with Crippen molar-refractivity contribution in [3.63, 3.8) is 0 Å². The van der Waals surface area contributed by atoms with Crippen LogP contribution >= 0.6 is 0 Å². The van der Waals surface area contributed by atoms with Gasteiger partial charge in [0, 0.05) is 38.8 Å². The molecule has 1 aromatic carbocycles. The van der Waals surface area contributed by atoms with E-state index in [1.54, 1.807) is 0 Å². The maximum absolute atomic E-state index is 12.8. The number of rotatable bonds is 4. The number of ether oxygens (including phenoxy) is 1. The average molecular weight is 331 g/mol. The molecule has 0 aliphatic carbocycles. The Morgan fingerprint density at radius 3 is 2.54 bits per heavy atom. The third-order valence-electron chi connectivity index (χ3n) is 5.18. The van der Waals surface area contributed by atoms with E-state index in [4.69, 9.17) is 4.74 Å². The van der Waals surface area contributed by atoms with Crippen LogP contribution in [0.25, 0.3) is 0 Å². The first-order chi connectivity index (χ1) is 11.6. The van der Waals surface area contributed by atoms with E-state index >= 15 is 0 Å². The number of benzene rings is 1. The maximum atomic E-state index is 12.8. The zero-order chi connectivity index (χ0) is 16.9. The first-order valence-electron chi connectivity index (χ1n) is 8.96. The molecular weight excluding hydrogens is 302 g/mol. The van der Waals surface area contributed by atoms with Crippen LogP contribution in [0.1, 0.15) is 18.4 Å². The number of nitrogens with zero attached hydrogens (tertiary/aromatic N) is 3. The minimum atomic E-state index is -0.307. The van der Waals surface area contributed by atoms with Gasteiger partial charge in [0.1, 0.15) is 6.10 Å². The second kappa shape index (κ2) is 8.10. The van der Waals surface area contributed by atoms with Gasteiger partial charge >= 0.3 is 0 Å². The fourth-order valence-corrected chi connectivity index (χ4v) is 3.64. The van der Waals surface area contributed by atoms with Crippen molar-refractivity contribution in [2.45, 2.75) is 31.5 Å².